The fourth-order valence-corrected chi connectivity index (χ4v) is 5.34. The summed E-state index contributed by atoms with van der Waals surface area (Å²) >= 11 is 0. The van der Waals surface area contributed by atoms with Gasteiger partial charge in [0.1, 0.15) is 5.75 Å². The molecule has 0 bridgehead atoms. The Hall–Kier alpha value is -2.38. The molecule has 1 saturated heterocycles. The molecule has 0 spiro atoms. The van der Waals surface area contributed by atoms with Gasteiger partial charge in [-0.25, -0.2) is 8.42 Å². The molecule has 1 amide bonds. The Morgan fingerprint density at radius 2 is 1.90 bits per heavy atom. The molecule has 2 aromatic rings. The van der Waals surface area contributed by atoms with Crippen LogP contribution in [-0.4, -0.2) is 49.9 Å². The number of nitrogens with zero attached hydrogens (tertiary/aromatic N) is 1. The molecule has 7 heteroatoms. The zero-order valence-corrected chi connectivity index (χ0v) is 18.5. The van der Waals surface area contributed by atoms with E-state index in [0.29, 0.717) is 30.2 Å². The molecule has 1 aliphatic heterocycles. The van der Waals surface area contributed by atoms with E-state index in [0.717, 1.165) is 18.4 Å². The number of carbonyl (C=O) groups excluding carboxylic acids is 1. The van der Waals surface area contributed by atoms with Gasteiger partial charge in [-0.05, 0) is 50.6 Å². The second kappa shape index (κ2) is 10.1. The number of para-hydroxylation sites is 2. The highest BCUT2D eigenvalue weighted by atomic mass is 32.2. The van der Waals surface area contributed by atoms with Crippen molar-refractivity contribution in [3.05, 3.63) is 54.1 Å². The quantitative estimate of drug-likeness (QED) is 0.650. The van der Waals surface area contributed by atoms with Crippen LogP contribution in [0, 0.1) is 6.92 Å². The lowest BCUT2D eigenvalue weighted by Gasteiger charge is -2.27. The number of unbranched alkanes of at least 4 members (excludes halogenated alkanes) is 1. The summed E-state index contributed by atoms with van der Waals surface area (Å²) in [4.78, 5) is 14.8. The van der Waals surface area contributed by atoms with Crippen LogP contribution >= 0.6 is 0 Å². The maximum Gasteiger partial charge on any atom is 0.238 e. The highest BCUT2D eigenvalue weighted by molar-refractivity contribution is 7.91. The highest BCUT2D eigenvalue weighted by Crippen LogP contribution is 2.29. The summed E-state index contributed by atoms with van der Waals surface area (Å²) in [6.45, 7) is 4.98. The minimum absolute atomic E-state index is 0.0913. The largest absolute Gasteiger partial charge is 0.455 e. The number of anilines is 1. The first kappa shape index (κ1) is 22.3. The summed E-state index contributed by atoms with van der Waals surface area (Å²) in [6, 6.07) is 14.9. The van der Waals surface area contributed by atoms with Crippen molar-refractivity contribution in [1.29, 1.82) is 0 Å². The lowest BCUT2D eigenvalue weighted by Crippen LogP contribution is -2.42. The molecule has 0 radical (unpaired) electrons. The predicted octanol–water partition coefficient (Wildman–Crippen LogP) is 4.02. The van der Waals surface area contributed by atoms with Crippen molar-refractivity contribution in [2.24, 2.45) is 0 Å². The fourth-order valence-electron chi connectivity index (χ4n) is 3.58. The number of ether oxygens (including phenoxy) is 1. The number of nitrogens with one attached hydrogen (secondary N) is 1. The van der Waals surface area contributed by atoms with Gasteiger partial charge in [-0.15, -0.1) is 0 Å². The molecule has 162 valence electrons. The molecule has 1 N–H and O–H groups in total. The van der Waals surface area contributed by atoms with E-state index < -0.39 is 9.84 Å². The first-order valence-corrected chi connectivity index (χ1v) is 12.3. The number of rotatable bonds is 9. The molecular weight excluding hydrogens is 400 g/mol. The standard InChI is InChI=1S/C23H30N2O4S/c1-3-4-14-25(19-13-15-30(27,28)17-19)16-23(26)24-21-7-5-6-8-22(21)29-20-11-9-18(2)10-12-20/h5-12,19H,3-4,13-17H2,1-2H3,(H,24,26). The number of carbonyl (C=O) groups is 1. The molecule has 0 aliphatic carbocycles. The predicted molar refractivity (Wildman–Crippen MR) is 120 cm³/mol. The van der Waals surface area contributed by atoms with E-state index >= 15 is 0 Å². The minimum atomic E-state index is -3.00. The molecule has 1 aliphatic rings. The molecule has 1 heterocycles. The van der Waals surface area contributed by atoms with E-state index in [1.165, 1.54) is 0 Å². The fraction of sp³-hybridized carbons (Fsp3) is 0.435. The van der Waals surface area contributed by atoms with Gasteiger partial charge in [0.25, 0.3) is 0 Å². The monoisotopic (exact) mass is 430 g/mol. The van der Waals surface area contributed by atoms with Crippen LogP contribution in [0.3, 0.4) is 0 Å². The van der Waals surface area contributed by atoms with Crippen molar-refractivity contribution in [2.75, 3.05) is 29.9 Å². The lowest BCUT2D eigenvalue weighted by molar-refractivity contribution is -0.117. The molecule has 1 atom stereocenters. The number of aryl methyl sites for hydroxylation is 1. The van der Waals surface area contributed by atoms with Crippen molar-refractivity contribution in [1.82, 2.24) is 4.90 Å². The number of sulfone groups is 1. The van der Waals surface area contributed by atoms with E-state index in [2.05, 4.69) is 12.2 Å². The third-order valence-corrected chi connectivity index (χ3v) is 7.03. The van der Waals surface area contributed by atoms with Gasteiger partial charge in [0.05, 0.1) is 23.7 Å². The topological polar surface area (TPSA) is 75.7 Å². The molecule has 0 aromatic heterocycles. The number of hydrogen-bond donors (Lipinski definition) is 1. The highest BCUT2D eigenvalue weighted by Gasteiger charge is 2.32. The smallest absolute Gasteiger partial charge is 0.238 e. The van der Waals surface area contributed by atoms with E-state index in [4.69, 9.17) is 4.74 Å². The van der Waals surface area contributed by atoms with E-state index in [-0.39, 0.29) is 30.0 Å². The Morgan fingerprint density at radius 1 is 1.17 bits per heavy atom. The van der Waals surface area contributed by atoms with Gasteiger partial charge in [-0.1, -0.05) is 43.2 Å². The molecule has 1 unspecified atom stereocenters. The van der Waals surface area contributed by atoms with Crippen molar-refractivity contribution in [3.63, 3.8) is 0 Å². The average molecular weight is 431 g/mol. The Morgan fingerprint density at radius 3 is 2.57 bits per heavy atom. The first-order valence-electron chi connectivity index (χ1n) is 10.4. The minimum Gasteiger partial charge on any atom is -0.455 e. The van der Waals surface area contributed by atoms with Gasteiger partial charge in [-0.3, -0.25) is 9.69 Å². The molecule has 1 fully saturated rings. The normalized spacial score (nSPS) is 17.8. The van der Waals surface area contributed by atoms with Gasteiger partial charge in [-0.2, -0.15) is 0 Å². The van der Waals surface area contributed by atoms with Gasteiger partial charge in [0.2, 0.25) is 5.91 Å². The third kappa shape index (κ3) is 6.31. The van der Waals surface area contributed by atoms with Crippen LogP contribution in [0.2, 0.25) is 0 Å². The summed E-state index contributed by atoms with van der Waals surface area (Å²) in [5, 5.41) is 2.94. The average Bonchev–Trinajstić information content (AvgIpc) is 3.08. The summed E-state index contributed by atoms with van der Waals surface area (Å²) < 4.78 is 29.7. The molecule has 3 rings (SSSR count). The number of hydrogen-bond acceptors (Lipinski definition) is 5. The number of amides is 1. The van der Waals surface area contributed by atoms with Crippen LogP contribution in [0.15, 0.2) is 48.5 Å². The Balaban J connectivity index is 1.67. The Kier molecular flexibility index (Phi) is 7.50. The van der Waals surface area contributed by atoms with Crippen molar-refractivity contribution >= 4 is 21.4 Å². The van der Waals surface area contributed by atoms with Gasteiger partial charge >= 0.3 is 0 Å². The molecule has 6 nitrogen and oxygen atoms in total. The Bertz CT molecular complexity index is 957. The SMILES string of the molecule is CCCCN(CC(=O)Nc1ccccc1Oc1ccc(C)cc1)C1CCS(=O)(=O)C1. The van der Waals surface area contributed by atoms with E-state index in [1.807, 2.05) is 54.3 Å². The zero-order chi connectivity index (χ0) is 21.6. The number of benzene rings is 2. The second-order valence-corrected chi connectivity index (χ2v) is 10.1. The lowest BCUT2D eigenvalue weighted by atomic mass is 10.2. The Labute approximate surface area is 179 Å². The first-order chi connectivity index (χ1) is 14.4. The summed E-state index contributed by atoms with van der Waals surface area (Å²) in [5.41, 5.74) is 1.74. The van der Waals surface area contributed by atoms with Gasteiger partial charge in [0, 0.05) is 6.04 Å². The van der Waals surface area contributed by atoms with Crippen molar-refractivity contribution in [2.45, 2.75) is 39.2 Å². The van der Waals surface area contributed by atoms with E-state index in [9.17, 15) is 13.2 Å². The summed E-state index contributed by atoms with van der Waals surface area (Å²) in [5.74, 6) is 1.43. The van der Waals surface area contributed by atoms with Crippen molar-refractivity contribution < 1.29 is 17.9 Å². The maximum absolute atomic E-state index is 12.8. The molecule has 0 saturated carbocycles. The van der Waals surface area contributed by atoms with Gasteiger partial charge in [0.15, 0.2) is 15.6 Å². The maximum atomic E-state index is 12.8. The van der Waals surface area contributed by atoms with Crippen LogP contribution in [0.25, 0.3) is 0 Å². The zero-order valence-electron chi connectivity index (χ0n) is 17.6. The summed E-state index contributed by atoms with van der Waals surface area (Å²) in [7, 11) is -3.00. The molecular formula is C23H30N2O4S. The van der Waals surface area contributed by atoms with Crippen LogP contribution in [0.4, 0.5) is 5.69 Å². The van der Waals surface area contributed by atoms with Crippen molar-refractivity contribution in [3.8, 4) is 11.5 Å². The third-order valence-electron chi connectivity index (χ3n) is 5.28. The van der Waals surface area contributed by atoms with Gasteiger partial charge < -0.3 is 10.1 Å². The molecule has 30 heavy (non-hydrogen) atoms. The van der Waals surface area contributed by atoms with Crippen LogP contribution in [0.5, 0.6) is 11.5 Å². The van der Waals surface area contributed by atoms with Crippen LogP contribution in [0.1, 0.15) is 31.7 Å². The molecule has 2 aromatic carbocycles. The van der Waals surface area contributed by atoms with E-state index in [1.54, 1.807) is 6.07 Å². The summed E-state index contributed by atoms with van der Waals surface area (Å²) in [6.07, 6.45) is 2.51. The van der Waals surface area contributed by atoms with Crippen LogP contribution in [-0.2, 0) is 14.6 Å². The second-order valence-electron chi connectivity index (χ2n) is 7.84. The van der Waals surface area contributed by atoms with Crippen LogP contribution < -0.4 is 10.1 Å².